The van der Waals surface area contributed by atoms with Crippen molar-refractivity contribution in [1.29, 1.82) is 0 Å². The lowest BCUT2D eigenvalue weighted by atomic mass is 9.81. The predicted molar refractivity (Wildman–Crippen MR) is 79.8 cm³/mol. The number of methoxy groups -OCH3 is 1. The molecule has 0 aromatic carbocycles. The fourth-order valence-electron chi connectivity index (χ4n) is 2.86. The van der Waals surface area contributed by atoms with Crippen molar-refractivity contribution in [2.75, 3.05) is 19.0 Å². The van der Waals surface area contributed by atoms with Gasteiger partial charge in [0.05, 0.1) is 12.7 Å². The van der Waals surface area contributed by atoms with Gasteiger partial charge in [-0.25, -0.2) is 9.78 Å². The first-order valence-corrected chi connectivity index (χ1v) is 7.51. The van der Waals surface area contributed by atoms with Gasteiger partial charge in [0.2, 0.25) is 0 Å². The molecule has 1 aliphatic rings. The molecule has 0 amide bonds. The molecule has 0 atom stereocenters. The molecule has 1 N–H and O–H groups in total. The number of rotatable bonds is 5. The molecule has 0 aliphatic heterocycles. The molecule has 1 fully saturated rings. The summed E-state index contributed by atoms with van der Waals surface area (Å²) in [6.07, 6.45) is 8.23. The molecule has 2 rings (SSSR count). The highest BCUT2D eigenvalue weighted by Gasteiger charge is 2.19. The van der Waals surface area contributed by atoms with Crippen LogP contribution in [0.4, 0.5) is 5.82 Å². The molecule has 0 unspecified atom stereocenters. The van der Waals surface area contributed by atoms with E-state index in [9.17, 15) is 4.79 Å². The van der Waals surface area contributed by atoms with Gasteiger partial charge in [-0.15, -0.1) is 0 Å². The molecule has 1 heterocycles. The van der Waals surface area contributed by atoms with Gasteiger partial charge < -0.3 is 10.1 Å². The summed E-state index contributed by atoms with van der Waals surface area (Å²) in [5.41, 5.74) is 0.541. The third-order valence-corrected chi connectivity index (χ3v) is 4.30. The number of aromatic nitrogens is 1. The van der Waals surface area contributed by atoms with Crippen LogP contribution in [0.3, 0.4) is 0 Å². The summed E-state index contributed by atoms with van der Waals surface area (Å²) in [6.45, 7) is 3.22. The number of nitrogens with zero attached hydrogens (tertiary/aromatic N) is 1. The van der Waals surface area contributed by atoms with E-state index < -0.39 is 0 Å². The van der Waals surface area contributed by atoms with E-state index >= 15 is 0 Å². The molecule has 0 spiro atoms. The minimum absolute atomic E-state index is 0.320. The number of hydrogen-bond acceptors (Lipinski definition) is 4. The van der Waals surface area contributed by atoms with Gasteiger partial charge in [0.1, 0.15) is 5.82 Å². The van der Waals surface area contributed by atoms with E-state index in [0.29, 0.717) is 5.56 Å². The lowest BCUT2D eigenvalue weighted by molar-refractivity contribution is 0.0600. The second-order valence-corrected chi connectivity index (χ2v) is 5.60. The van der Waals surface area contributed by atoms with Crippen LogP contribution in [0.1, 0.15) is 49.4 Å². The third-order valence-electron chi connectivity index (χ3n) is 4.30. The summed E-state index contributed by atoms with van der Waals surface area (Å²) in [4.78, 5) is 15.7. The number of nitrogens with one attached hydrogen (secondary N) is 1. The number of carbonyl (C=O) groups is 1. The Morgan fingerprint density at radius 1 is 1.35 bits per heavy atom. The molecular formula is C16H24N2O2. The molecule has 0 saturated heterocycles. The van der Waals surface area contributed by atoms with Crippen LogP contribution >= 0.6 is 0 Å². The quantitative estimate of drug-likeness (QED) is 0.836. The Morgan fingerprint density at radius 3 is 2.70 bits per heavy atom. The summed E-state index contributed by atoms with van der Waals surface area (Å²) in [5, 5.41) is 3.35. The van der Waals surface area contributed by atoms with Crippen LogP contribution in [0.25, 0.3) is 0 Å². The Morgan fingerprint density at radius 2 is 2.05 bits per heavy atom. The van der Waals surface area contributed by atoms with Crippen molar-refractivity contribution < 1.29 is 9.53 Å². The maximum atomic E-state index is 11.5. The zero-order valence-corrected chi connectivity index (χ0v) is 12.4. The van der Waals surface area contributed by atoms with Crippen molar-refractivity contribution in [2.45, 2.75) is 39.0 Å². The van der Waals surface area contributed by atoms with E-state index in [1.165, 1.54) is 39.2 Å². The van der Waals surface area contributed by atoms with Crippen molar-refractivity contribution in [2.24, 2.45) is 11.8 Å². The summed E-state index contributed by atoms with van der Waals surface area (Å²) in [7, 11) is 1.39. The van der Waals surface area contributed by atoms with Crippen molar-refractivity contribution >= 4 is 11.8 Å². The Bertz CT molecular complexity index is 440. The lowest BCUT2D eigenvalue weighted by Gasteiger charge is -2.28. The summed E-state index contributed by atoms with van der Waals surface area (Å²) in [6, 6.07) is 3.42. The molecule has 4 nitrogen and oxygen atoms in total. The van der Waals surface area contributed by atoms with Gasteiger partial charge in [0, 0.05) is 12.7 Å². The molecule has 110 valence electrons. The fraction of sp³-hybridized carbons (Fsp3) is 0.625. The number of pyridine rings is 1. The second kappa shape index (κ2) is 7.27. The van der Waals surface area contributed by atoms with E-state index in [0.717, 1.165) is 24.2 Å². The van der Waals surface area contributed by atoms with Gasteiger partial charge in [-0.1, -0.05) is 26.2 Å². The lowest BCUT2D eigenvalue weighted by Crippen LogP contribution is -2.21. The normalized spacial score (nSPS) is 22.3. The van der Waals surface area contributed by atoms with Crippen LogP contribution in [0.15, 0.2) is 18.3 Å². The summed E-state index contributed by atoms with van der Waals surface area (Å²) < 4.78 is 4.72. The first-order chi connectivity index (χ1) is 9.72. The zero-order chi connectivity index (χ0) is 14.4. The first-order valence-electron chi connectivity index (χ1n) is 7.51. The first kappa shape index (κ1) is 14.8. The number of ether oxygens (including phenoxy) is 1. The Labute approximate surface area is 120 Å². The molecule has 0 bridgehead atoms. The maximum Gasteiger partial charge on any atom is 0.338 e. The van der Waals surface area contributed by atoms with Crippen LogP contribution in [-0.4, -0.2) is 24.6 Å². The molecule has 1 aliphatic carbocycles. The highest BCUT2D eigenvalue weighted by molar-refractivity contribution is 5.89. The largest absolute Gasteiger partial charge is 0.465 e. The fourth-order valence-corrected chi connectivity index (χ4v) is 2.86. The Hall–Kier alpha value is -1.58. The van der Waals surface area contributed by atoms with E-state index in [4.69, 9.17) is 4.74 Å². The van der Waals surface area contributed by atoms with Gasteiger partial charge >= 0.3 is 5.97 Å². The Balaban J connectivity index is 1.84. The Kier molecular flexibility index (Phi) is 5.39. The highest BCUT2D eigenvalue weighted by atomic mass is 16.5. The minimum atomic E-state index is -0.320. The average Bonchev–Trinajstić information content (AvgIpc) is 2.53. The smallest absolute Gasteiger partial charge is 0.338 e. The van der Waals surface area contributed by atoms with Crippen molar-refractivity contribution in [1.82, 2.24) is 4.98 Å². The van der Waals surface area contributed by atoms with Crippen molar-refractivity contribution in [3.8, 4) is 0 Å². The predicted octanol–water partition coefficient (Wildman–Crippen LogP) is 3.50. The zero-order valence-electron chi connectivity index (χ0n) is 12.4. The van der Waals surface area contributed by atoms with Crippen LogP contribution in [-0.2, 0) is 4.74 Å². The van der Waals surface area contributed by atoms with Gasteiger partial charge in [0.25, 0.3) is 0 Å². The van der Waals surface area contributed by atoms with Gasteiger partial charge in [-0.05, 0) is 36.8 Å². The average molecular weight is 276 g/mol. The van der Waals surface area contributed by atoms with Crippen LogP contribution in [0, 0.1) is 11.8 Å². The van der Waals surface area contributed by atoms with Crippen molar-refractivity contribution in [3.63, 3.8) is 0 Å². The molecule has 1 aromatic heterocycles. The molecule has 0 radical (unpaired) electrons. The van der Waals surface area contributed by atoms with Gasteiger partial charge in [-0.3, -0.25) is 0 Å². The van der Waals surface area contributed by atoms with Crippen LogP contribution in [0.5, 0.6) is 0 Å². The van der Waals surface area contributed by atoms with Crippen LogP contribution in [0.2, 0.25) is 0 Å². The maximum absolute atomic E-state index is 11.5. The monoisotopic (exact) mass is 276 g/mol. The molecule has 1 aromatic rings. The molecule has 20 heavy (non-hydrogen) atoms. The SMILES string of the molecule is CCC1CCC(CNc2cc(C(=O)OC)ccn2)CC1. The number of anilines is 1. The second-order valence-electron chi connectivity index (χ2n) is 5.60. The summed E-state index contributed by atoms with van der Waals surface area (Å²) >= 11 is 0. The standard InChI is InChI=1S/C16H24N2O2/c1-3-12-4-6-13(7-5-12)11-18-15-10-14(8-9-17-15)16(19)20-2/h8-10,12-13H,3-7,11H2,1-2H3,(H,17,18). The van der Waals surface area contributed by atoms with Crippen LogP contribution < -0.4 is 5.32 Å². The number of esters is 1. The molecular weight excluding hydrogens is 252 g/mol. The number of hydrogen-bond donors (Lipinski definition) is 1. The van der Waals surface area contributed by atoms with Gasteiger partial charge in [0.15, 0.2) is 0 Å². The minimum Gasteiger partial charge on any atom is -0.465 e. The topological polar surface area (TPSA) is 51.2 Å². The highest BCUT2D eigenvalue weighted by Crippen LogP contribution is 2.30. The van der Waals surface area contributed by atoms with E-state index in [1.54, 1.807) is 18.3 Å². The van der Waals surface area contributed by atoms with Gasteiger partial charge in [-0.2, -0.15) is 0 Å². The van der Waals surface area contributed by atoms with E-state index in [2.05, 4.69) is 17.2 Å². The molecule has 4 heteroatoms. The number of carbonyl (C=O) groups excluding carboxylic acids is 1. The third kappa shape index (κ3) is 3.95. The summed E-state index contributed by atoms with van der Waals surface area (Å²) in [5.74, 6) is 2.08. The molecule has 1 saturated carbocycles. The van der Waals surface area contributed by atoms with E-state index in [1.807, 2.05) is 0 Å². The van der Waals surface area contributed by atoms with Crippen molar-refractivity contribution in [3.05, 3.63) is 23.9 Å². The van der Waals surface area contributed by atoms with E-state index in [-0.39, 0.29) is 5.97 Å².